The molecule has 0 aliphatic heterocycles. The summed E-state index contributed by atoms with van der Waals surface area (Å²) in [5, 5.41) is 10.1. The molecule has 0 heterocycles. The summed E-state index contributed by atoms with van der Waals surface area (Å²) in [4.78, 5) is 0. The van der Waals surface area contributed by atoms with Gasteiger partial charge in [-0.3, -0.25) is 0 Å². The lowest BCUT2D eigenvalue weighted by Crippen LogP contribution is -2.04. The Labute approximate surface area is 122 Å². The summed E-state index contributed by atoms with van der Waals surface area (Å²) in [7, 11) is 0. The molecule has 0 radical (unpaired) electrons. The van der Waals surface area contributed by atoms with E-state index in [9.17, 15) is 9.50 Å². The van der Waals surface area contributed by atoms with E-state index >= 15 is 0 Å². The Kier molecular flexibility index (Phi) is 4.54. The first kappa shape index (κ1) is 13.7. The number of benzene rings is 2. The molecule has 2 aromatic carbocycles. The molecule has 94 valence electrons. The van der Waals surface area contributed by atoms with E-state index in [1.165, 1.54) is 6.07 Å². The maximum absolute atomic E-state index is 13.7. The van der Waals surface area contributed by atoms with E-state index in [-0.39, 0.29) is 0 Å². The van der Waals surface area contributed by atoms with Gasteiger partial charge in [0.2, 0.25) is 0 Å². The molecule has 2 rings (SSSR count). The third-order valence-corrected chi connectivity index (χ3v) is 3.96. The highest BCUT2D eigenvalue weighted by molar-refractivity contribution is 9.10. The van der Waals surface area contributed by atoms with Crippen molar-refractivity contribution in [1.82, 2.24) is 0 Å². The normalized spacial score (nSPS) is 12.4. The van der Waals surface area contributed by atoms with Crippen LogP contribution in [0.3, 0.4) is 0 Å². The standard InChI is InChI=1S/C14H11Br2FO/c15-10-5-6-11(13(17)8-10)14(18)7-9-3-1-2-4-12(9)16/h1-6,8,14,18H,7H2. The summed E-state index contributed by atoms with van der Waals surface area (Å²) in [5.41, 5.74) is 1.27. The Morgan fingerprint density at radius 1 is 1.11 bits per heavy atom. The van der Waals surface area contributed by atoms with E-state index in [0.29, 0.717) is 16.5 Å². The molecule has 1 nitrogen and oxygen atoms in total. The van der Waals surface area contributed by atoms with Gasteiger partial charge in [0.25, 0.3) is 0 Å². The van der Waals surface area contributed by atoms with Crippen molar-refractivity contribution in [3.05, 3.63) is 68.4 Å². The molecule has 0 spiro atoms. The van der Waals surface area contributed by atoms with Gasteiger partial charge in [0.05, 0.1) is 6.10 Å². The van der Waals surface area contributed by atoms with Crippen LogP contribution in [0.1, 0.15) is 17.2 Å². The zero-order chi connectivity index (χ0) is 13.1. The molecule has 4 heteroatoms. The Morgan fingerprint density at radius 2 is 1.83 bits per heavy atom. The molecular weight excluding hydrogens is 363 g/mol. The first-order valence-corrected chi connectivity index (χ1v) is 7.03. The van der Waals surface area contributed by atoms with E-state index in [4.69, 9.17) is 0 Å². The predicted octanol–water partition coefficient (Wildman–Crippen LogP) is 4.63. The number of halogens is 3. The fourth-order valence-corrected chi connectivity index (χ4v) is 2.53. The molecule has 0 aromatic heterocycles. The van der Waals surface area contributed by atoms with Crippen LogP contribution < -0.4 is 0 Å². The summed E-state index contributed by atoms with van der Waals surface area (Å²) in [6, 6.07) is 12.3. The third-order valence-electron chi connectivity index (χ3n) is 2.69. The van der Waals surface area contributed by atoms with Crippen molar-refractivity contribution in [2.24, 2.45) is 0 Å². The number of aliphatic hydroxyl groups excluding tert-OH is 1. The molecule has 0 fully saturated rings. The van der Waals surface area contributed by atoms with Gasteiger partial charge >= 0.3 is 0 Å². The minimum atomic E-state index is -0.850. The van der Waals surface area contributed by atoms with E-state index in [2.05, 4.69) is 31.9 Å². The second kappa shape index (κ2) is 5.95. The monoisotopic (exact) mass is 372 g/mol. The average Bonchev–Trinajstić information content (AvgIpc) is 2.32. The van der Waals surface area contributed by atoms with Crippen molar-refractivity contribution in [3.8, 4) is 0 Å². The quantitative estimate of drug-likeness (QED) is 0.831. The molecule has 0 amide bonds. The number of rotatable bonds is 3. The van der Waals surface area contributed by atoms with Gasteiger partial charge in [-0.1, -0.05) is 56.1 Å². The van der Waals surface area contributed by atoms with Gasteiger partial charge in [-0.05, 0) is 23.8 Å². The van der Waals surface area contributed by atoms with Gasteiger partial charge in [0.15, 0.2) is 0 Å². The van der Waals surface area contributed by atoms with Crippen molar-refractivity contribution in [2.75, 3.05) is 0 Å². The van der Waals surface area contributed by atoms with Crippen molar-refractivity contribution in [3.63, 3.8) is 0 Å². The minimum Gasteiger partial charge on any atom is -0.388 e. The number of aliphatic hydroxyl groups is 1. The first-order valence-electron chi connectivity index (χ1n) is 5.44. The van der Waals surface area contributed by atoms with Crippen LogP contribution in [0.25, 0.3) is 0 Å². The summed E-state index contributed by atoms with van der Waals surface area (Å²) in [5.74, 6) is -0.399. The van der Waals surface area contributed by atoms with Crippen LogP contribution in [-0.4, -0.2) is 5.11 Å². The Morgan fingerprint density at radius 3 is 2.50 bits per heavy atom. The molecule has 1 N–H and O–H groups in total. The van der Waals surface area contributed by atoms with Gasteiger partial charge < -0.3 is 5.11 Å². The van der Waals surface area contributed by atoms with E-state index < -0.39 is 11.9 Å². The van der Waals surface area contributed by atoms with Gasteiger partial charge in [-0.25, -0.2) is 4.39 Å². The van der Waals surface area contributed by atoms with Crippen LogP contribution in [-0.2, 0) is 6.42 Å². The predicted molar refractivity (Wildman–Crippen MR) is 76.9 cm³/mol. The minimum absolute atomic E-state index is 0.314. The molecule has 2 aromatic rings. The molecule has 18 heavy (non-hydrogen) atoms. The maximum atomic E-state index is 13.7. The van der Waals surface area contributed by atoms with E-state index in [0.717, 1.165) is 10.0 Å². The lowest BCUT2D eigenvalue weighted by atomic mass is 10.0. The van der Waals surface area contributed by atoms with Crippen LogP contribution in [0.15, 0.2) is 51.4 Å². The molecule has 0 aliphatic carbocycles. The molecule has 1 unspecified atom stereocenters. The molecule has 1 atom stereocenters. The zero-order valence-electron chi connectivity index (χ0n) is 9.41. The van der Waals surface area contributed by atoms with Crippen LogP contribution in [0.4, 0.5) is 4.39 Å². The summed E-state index contributed by atoms with van der Waals surface area (Å²) < 4.78 is 15.3. The molecule has 0 bridgehead atoms. The third kappa shape index (κ3) is 3.19. The highest BCUT2D eigenvalue weighted by Gasteiger charge is 2.14. The topological polar surface area (TPSA) is 20.2 Å². The average molecular weight is 374 g/mol. The molecule has 0 saturated carbocycles. The summed E-state index contributed by atoms with van der Waals surface area (Å²) in [6.07, 6.45) is -0.475. The molecule has 0 saturated heterocycles. The highest BCUT2D eigenvalue weighted by Crippen LogP contribution is 2.26. The van der Waals surface area contributed by atoms with Crippen molar-refractivity contribution in [1.29, 1.82) is 0 Å². The Balaban J connectivity index is 2.22. The smallest absolute Gasteiger partial charge is 0.130 e. The Bertz CT molecular complexity index is 557. The number of hydrogen-bond acceptors (Lipinski definition) is 1. The van der Waals surface area contributed by atoms with E-state index in [1.54, 1.807) is 12.1 Å². The fourth-order valence-electron chi connectivity index (χ4n) is 1.75. The van der Waals surface area contributed by atoms with Gasteiger partial charge in [-0.2, -0.15) is 0 Å². The van der Waals surface area contributed by atoms with Gasteiger partial charge in [0, 0.05) is 20.9 Å². The zero-order valence-corrected chi connectivity index (χ0v) is 12.6. The van der Waals surface area contributed by atoms with Crippen molar-refractivity contribution < 1.29 is 9.50 Å². The van der Waals surface area contributed by atoms with Gasteiger partial charge in [-0.15, -0.1) is 0 Å². The summed E-state index contributed by atoms with van der Waals surface area (Å²) in [6.45, 7) is 0. The van der Waals surface area contributed by atoms with Crippen LogP contribution in [0.2, 0.25) is 0 Å². The lowest BCUT2D eigenvalue weighted by Gasteiger charge is -2.13. The number of hydrogen-bond donors (Lipinski definition) is 1. The molecule has 0 aliphatic rings. The Hall–Kier alpha value is -0.710. The second-order valence-corrected chi connectivity index (χ2v) is 5.75. The van der Waals surface area contributed by atoms with Crippen molar-refractivity contribution >= 4 is 31.9 Å². The highest BCUT2D eigenvalue weighted by atomic mass is 79.9. The second-order valence-electron chi connectivity index (χ2n) is 3.98. The first-order chi connectivity index (χ1) is 8.58. The summed E-state index contributed by atoms with van der Waals surface area (Å²) >= 11 is 6.61. The van der Waals surface area contributed by atoms with Crippen molar-refractivity contribution in [2.45, 2.75) is 12.5 Å². The van der Waals surface area contributed by atoms with Gasteiger partial charge in [0.1, 0.15) is 5.82 Å². The van der Waals surface area contributed by atoms with Crippen LogP contribution in [0, 0.1) is 5.82 Å². The van der Waals surface area contributed by atoms with Crippen LogP contribution >= 0.6 is 31.9 Å². The largest absolute Gasteiger partial charge is 0.388 e. The molecular formula is C14H11Br2FO. The SMILES string of the molecule is OC(Cc1ccccc1Br)c1ccc(Br)cc1F. The maximum Gasteiger partial charge on any atom is 0.130 e. The fraction of sp³-hybridized carbons (Fsp3) is 0.143. The van der Waals surface area contributed by atoms with E-state index in [1.807, 2.05) is 24.3 Å². The lowest BCUT2D eigenvalue weighted by molar-refractivity contribution is 0.173. The van der Waals surface area contributed by atoms with Crippen LogP contribution in [0.5, 0.6) is 0 Å².